The fourth-order valence-electron chi connectivity index (χ4n) is 3.31. The van der Waals surface area contributed by atoms with Gasteiger partial charge >= 0.3 is 0 Å². The van der Waals surface area contributed by atoms with Crippen molar-refractivity contribution >= 4 is 28.7 Å². The Hall–Kier alpha value is -3.20. The molecule has 0 unspecified atom stereocenters. The van der Waals surface area contributed by atoms with Crippen molar-refractivity contribution < 1.29 is 9.53 Å². The number of nitrogens with two attached hydrogens (primary N) is 1. The molecular weight excluding hydrogens is 360 g/mol. The van der Waals surface area contributed by atoms with Crippen LogP contribution in [0.4, 0.5) is 11.6 Å². The second kappa shape index (κ2) is 8.22. The predicted octanol–water partition coefficient (Wildman–Crippen LogP) is 1.46. The summed E-state index contributed by atoms with van der Waals surface area (Å²) in [5, 5.41) is 0. The number of aryl methyl sites for hydroxylation is 2. The number of nitrogens with zero attached hydrogens (tertiary/aromatic N) is 4. The maximum Gasteiger partial charge on any atom is 0.278 e. The minimum atomic E-state index is -0.436. The number of ether oxygens (including phenoxy) is 1. The van der Waals surface area contributed by atoms with E-state index in [2.05, 4.69) is 15.0 Å². The Bertz CT molecular complexity index is 1030. The molecule has 0 saturated carbocycles. The van der Waals surface area contributed by atoms with Crippen molar-refractivity contribution in [2.45, 2.75) is 33.2 Å². The zero-order valence-electron chi connectivity index (χ0n) is 16.2. The molecule has 0 bridgehead atoms. The Balaban J connectivity index is 2.01. The summed E-state index contributed by atoms with van der Waals surface area (Å²) in [5.41, 5.74) is 8.52. The number of aromatic amines is 1. The summed E-state index contributed by atoms with van der Waals surface area (Å²) in [4.78, 5) is 37.6. The fraction of sp³-hybridized carbons (Fsp3) is 0.368. The van der Waals surface area contributed by atoms with Gasteiger partial charge in [-0.1, -0.05) is 32.0 Å². The molecule has 1 aromatic carbocycles. The monoisotopic (exact) mass is 384 g/mol. The van der Waals surface area contributed by atoms with E-state index in [0.29, 0.717) is 0 Å². The quantitative estimate of drug-likeness (QED) is 0.595. The summed E-state index contributed by atoms with van der Waals surface area (Å²) in [7, 11) is 1.55. The highest BCUT2D eigenvalue weighted by atomic mass is 16.5. The first kappa shape index (κ1) is 19.6. The molecule has 0 fully saturated rings. The number of benzene rings is 1. The van der Waals surface area contributed by atoms with Gasteiger partial charge in [-0.2, -0.15) is 4.98 Å². The van der Waals surface area contributed by atoms with Crippen LogP contribution in [-0.2, 0) is 28.9 Å². The van der Waals surface area contributed by atoms with Crippen LogP contribution >= 0.6 is 0 Å². The van der Waals surface area contributed by atoms with Gasteiger partial charge in [0.1, 0.15) is 13.3 Å². The summed E-state index contributed by atoms with van der Waals surface area (Å²) in [6.45, 7) is 4.13. The molecule has 0 spiro atoms. The van der Waals surface area contributed by atoms with Crippen LogP contribution in [0.2, 0.25) is 0 Å². The van der Waals surface area contributed by atoms with Gasteiger partial charge in [-0.3, -0.25) is 19.5 Å². The van der Waals surface area contributed by atoms with Crippen LogP contribution < -0.4 is 16.2 Å². The molecule has 3 aromatic rings. The number of rotatable bonds is 7. The Morgan fingerprint density at radius 3 is 2.57 bits per heavy atom. The molecule has 0 aliphatic heterocycles. The zero-order valence-corrected chi connectivity index (χ0v) is 16.2. The molecule has 0 aliphatic carbocycles. The number of hydrogen-bond acceptors (Lipinski definition) is 6. The molecule has 1 amide bonds. The minimum absolute atomic E-state index is 0.0143. The van der Waals surface area contributed by atoms with Crippen LogP contribution in [-0.4, -0.2) is 39.3 Å². The minimum Gasteiger partial charge on any atom is -0.369 e. The van der Waals surface area contributed by atoms with E-state index in [9.17, 15) is 9.59 Å². The van der Waals surface area contributed by atoms with Crippen molar-refractivity contribution in [2.75, 3.05) is 24.5 Å². The molecule has 0 atom stereocenters. The maximum absolute atomic E-state index is 13.2. The molecule has 28 heavy (non-hydrogen) atoms. The number of nitrogens with one attached hydrogen (secondary N) is 1. The first-order chi connectivity index (χ1) is 13.5. The lowest BCUT2D eigenvalue weighted by atomic mass is 10.0. The summed E-state index contributed by atoms with van der Waals surface area (Å²) >= 11 is 0. The average molecular weight is 384 g/mol. The number of carbonyl (C=O) groups is 1. The third-order valence-electron chi connectivity index (χ3n) is 4.60. The molecule has 2 aromatic heterocycles. The number of methoxy groups -OCH3 is 1. The molecule has 3 N–H and O–H groups in total. The Morgan fingerprint density at radius 2 is 1.96 bits per heavy atom. The number of H-pyrrole nitrogens is 1. The molecule has 2 heterocycles. The van der Waals surface area contributed by atoms with Crippen molar-refractivity contribution in [1.82, 2.24) is 19.5 Å². The van der Waals surface area contributed by atoms with E-state index in [1.807, 2.05) is 32.0 Å². The van der Waals surface area contributed by atoms with Crippen LogP contribution in [0.1, 0.15) is 25.0 Å². The van der Waals surface area contributed by atoms with E-state index < -0.39 is 5.56 Å². The summed E-state index contributed by atoms with van der Waals surface area (Å²) in [6.07, 6.45) is 2.99. The van der Waals surface area contributed by atoms with Gasteiger partial charge in [0.25, 0.3) is 5.56 Å². The van der Waals surface area contributed by atoms with Crippen LogP contribution in [0, 0.1) is 0 Å². The lowest BCUT2D eigenvalue weighted by molar-refractivity contribution is -0.120. The Labute approximate surface area is 162 Å². The lowest BCUT2D eigenvalue weighted by Gasteiger charge is -2.27. The number of hydrogen-bond donors (Lipinski definition) is 2. The maximum atomic E-state index is 13.2. The summed E-state index contributed by atoms with van der Waals surface area (Å²) in [5.74, 6) is -0.229. The Morgan fingerprint density at radius 1 is 1.29 bits per heavy atom. The second-order valence-electron chi connectivity index (χ2n) is 6.37. The van der Waals surface area contributed by atoms with E-state index in [0.717, 1.165) is 29.7 Å². The van der Waals surface area contributed by atoms with E-state index in [1.54, 1.807) is 12.0 Å². The van der Waals surface area contributed by atoms with E-state index in [1.165, 1.54) is 10.9 Å². The zero-order chi connectivity index (χ0) is 20.3. The summed E-state index contributed by atoms with van der Waals surface area (Å²) < 4.78 is 6.79. The van der Waals surface area contributed by atoms with Gasteiger partial charge in [-0.05, 0) is 24.0 Å². The van der Waals surface area contributed by atoms with Gasteiger partial charge in [-0.15, -0.1) is 0 Å². The first-order valence-electron chi connectivity index (χ1n) is 9.10. The summed E-state index contributed by atoms with van der Waals surface area (Å²) in [6, 6.07) is 6.01. The topological polar surface area (TPSA) is 119 Å². The number of fused-ring (bicyclic) bond motifs is 1. The van der Waals surface area contributed by atoms with Crippen molar-refractivity contribution in [3.63, 3.8) is 0 Å². The van der Waals surface area contributed by atoms with Crippen LogP contribution in [0.25, 0.3) is 11.2 Å². The van der Waals surface area contributed by atoms with Crippen LogP contribution in [0.5, 0.6) is 0 Å². The number of imidazole rings is 1. The van der Waals surface area contributed by atoms with E-state index >= 15 is 0 Å². The highest BCUT2D eigenvalue weighted by molar-refractivity contribution is 5.95. The predicted molar refractivity (Wildman–Crippen MR) is 107 cm³/mol. The molecule has 9 heteroatoms. The molecule has 9 nitrogen and oxygen atoms in total. The highest BCUT2D eigenvalue weighted by Crippen LogP contribution is 2.27. The smallest absolute Gasteiger partial charge is 0.278 e. The van der Waals surface area contributed by atoms with Gasteiger partial charge in [0.05, 0.1) is 12.0 Å². The number of nitrogen functional groups attached to an aromatic ring is 1. The lowest BCUT2D eigenvalue weighted by Crippen LogP contribution is -2.37. The van der Waals surface area contributed by atoms with Gasteiger partial charge in [0, 0.05) is 7.11 Å². The van der Waals surface area contributed by atoms with E-state index in [-0.39, 0.29) is 36.3 Å². The van der Waals surface area contributed by atoms with Crippen molar-refractivity contribution in [3.05, 3.63) is 46.0 Å². The van der Waals surface area contributed by atoms with Crippen LogP contribution in [0.3, 0.4) is 0 Å². The molecule has 0 saturated heterocycles. The first-order valence-corrected chi connectivity index (χ1v) is 9.10. The molecule has 0 aliphatic rings. The standard InChI is InChI=1S/C19H24N6O3/c1-4-12-7-6-8-13(5-2)15(12)25(11-28-3)14(26)9-24-10-21-17-16(24)18(27)23-19(20)22-17/h6-8,10H,4-5,9,11H2,1-3H3,(H3,20,22,23,27). The average Bonchev–Trinajstić information content (AvgIpc) is 3.08. The number of aromatic nitrogens is 4. The number of anilines is 2. The van der Waals surface area contributed by atoms with Crippen molar-refractivity contribution in [3.8, 4) is 0 Å². The largest absolute Gasteiger partial charge is 0.369 e. The van der Waals surface area contributed by atoms with Gasteiger partial charge in [-0.25, -0.2) is 4.98 Å². The SMILES string of the molecule is CCc1cccc(CC)c1N(COC)C(=O)Cn1cnc2nc(N)[nH]c(=O)c21. The van der Waals surface area contributed by atoms with Gasteiger partial charge in [0.15, 0.2) is 11.2 Å². The van der Waals surface area contributed by atoms with Gasteiger partial charge < -0.3 is 15.0 Å². The third kappa shape index (κ3) is 3.61. The number of para-hydroxylation sites is 1. The highest BCUT2D eigenvalue weighted by Gasteiger charge is 2.22. The normalized spacial score (nSPS) is 11.1. The molecule has 148 valence electrons. The van der Waals surface area contributed by atoms with Crippen molar-refractivity contribution in [2.24, 2.45) is 0 Å². The van der Waals surface area contributed by atoms with Gasteiger partial charge in [0.2, 0.25) is 11.9 Å². The fourth-order valence-corrected chi connectivity index (χ4v) is 3.31. The molecule has 0 radical (unpaired) electrons. The molecular formula is C19H24N6O3. The number of carbonyl (C=O) groups excluding carboxylic acids is 1. The molecule has 3 rings (SSSR count). The Kier molecular flexibility index (Phi) is 5.74. The van der Waals surface area contributed by atoms with E-state index in [4.69, 9.17) is 10.5 Å². The number of amides is 1. The van der Waals surface area contributed by atoms with Crippen LogP contribution in [0.15, 0.2) is 29.3 Å². The van der Waals surface area contributed by atoms with Crippen molar-refractivity contribution in [1.29, 1.82) is 0 Å². The second-order valence-corrected chi connectivity index (χ2v) is 6.37. The third-order valence-corrected chi connectivity index (χ3v) is 4.60.